The van der Waals surface area contributed by atoms with Crippen LogP contribution in [0.25, 0.3) is 0 Å². The molecule has 8 heteroatoms. The molecule has 1 fully saturated rings. The number of quaternary nitrogens is 1. The summed E-state index contributed by atoms with van der Waals surface area (Å²) in [6, 6.07) is 10.5. The molecule has 1 saturated heterocycles. The number of nitrogens with one attached hydrogen (secondary N) is 1. The molecule has 0 radical (unpaired) electrons. The molecule has 140 valence electrons. The van der Waals surface area contributed by atoms with Gasteiger partial charge >= 0.3 is 0 Å². The molecular weight excluding hydrogens is 348 g/mol. The number of hydrogen-bond acceptors (Lipinski definition) is 5. The summed E-state index contributed by atoms with van der Waals surface area (Å²) in [6.07, 6.45) is 0. The number of nitrogens with zero attached hydrogens (tertiary/aromatic N) is 5. The Kier molecular flexibility index (Phi) is 5.93. The second-order valence-electron chi connectivity index (χ2n) is 7.63. The number of piperazine rings is 1. The van der Waals surface area contributed by atoms with Gasteiger partial charge in [-0.2, -0.15) is 0 Å². The average molecular weight is 376 g/mol. The van der Waals surface area contributed by atoms with Gasteiger partial charge in [-0.15, -0.1) is 5.10 Å². The quantitative estimate of drug-likeness (QED) is 0.769. The van der Waals surface area contributed by atoms with Crippen molar-refractivity contribution in [1.29, 1.82) is 0 Å². The van der Waals surface area contributed by atoms with E-state index >= 15 is 0 Å². The number of carbonyl (C=O) groups excluding carboxylic acids is 1. The van der Waals surface area contributed by atoms with Crippen LogP contribution in [0.5, 0.6) is 0 Å². The molecular formula is C18H27N6OS+. The zero-order chi connectivity index (χ0) is 18.6. The third kappa shape index (κ3) is 4.82. The highest BCUT2D eigenvalue weighted by Crippen LogP contribution is 2.21. The number of thioether (sulfide) groups is 1. The number of hydrogen-bond donors (Lipinski definition) is 1. The highest BCUT2D eigenvalue weighted by molar-refractivity contribution is 7.99. The highest BCUT2D eigenvalue weighted by atomic mass is 32.2. The van der Waals surface area contributed by atoms with E-state index in [-0.39, 0.29) is 11.4 Å². The van der Waals surface area contributed by atoms with Crippen molar-refractivity contribution < 1.29 is 9.69 Å². The van der Waals surface area contributed by atoms with Crippen molar-refractivity contribution >= 4 is 17.7 Å². The maximum atomic E-state index is 12.5. The first-order chi connectivity index (χ1) is 12.4. The van der Waals surface area contributed by atoms with E-state index in [9.17, 15) is 4.79 Å². The van der Waals surface area contributed by atoms with Crippen molar-refractivity contribution in [1.82, 2.24) is 25.1 Å². The number of amides is 1. The van der Waals surface area contributed by atoms with Gasteiger partial charge in [0.05, 0.1) is 37.5 Å². The van der Waals surface area contributed by atoms with Crippen molar-refractivity contribution in [2.24, 2.45) is 0 Å². The van der Waals surface area contributed by atoms with Crippen LogP contribution < -0.4 is 4.90 Å². The van der Waals surface area contributed by atoms with Crippen LogP contribution in [-0.2, 0) is 16.9 Å². The lowest BCUT2D eigenvalue weighted by Crippen LogP contribution is -3.13. The first-order valence-corrected chi connectivity index (χ1v) is 9.99. The molecule has 1 N–H and O–H groups in total. The van der Waals surface area contributed by atoms with Crippen LogP contribution in [0.2, 0.25) is 0 Å². The topological polar surface area (TPSA) is 68.4 Å². The third-order valence-corrected chi connectivity index (χ3v) is 5.43. The van der Waals surface area contributed by atoms with E-state index in [1.807, 2.05) is 31.7 Å². The maximum Gasteiger partial charge on any atom is 0.233 e. The molecule has 1 aromatic carbocycles. The first kappa shape index (κ1) is 18.8. The molecule has 7 nitrogen and oxygen atoms in total. The summed E-state index contributed by atoms with van der Waals surface area (Å²) < 4.78 is 1.77. The van der Waals surface area contributed by atoms with Gasteiger partial charge < -0.3 is 9.80 Å². The Hall–Kier alpha value is -1.93. The predicted molar refractivity (Wildman–Crippen MR) is 101 cm³/mol. The molecule has 0 saturated carbocycles. The van der Waals surface area contributed by atoms with E-state index in [0.717, 1.165) is 32.7 Å². The first-order valence-electron chi connectivity index (χ1n) is 9.00. The standard InChI is InChI=1S/C18H26N6OS/c1-18(2,3)24-17(19-20-21-24)26-14-16(25)23-11-9-22(10-12-23)13-15-7-5-4-6-8-15/h4-8H,9-14H2,1-3H3/p+1. The van der Waals surface area contributed by atoms with Crippen LogP contribution >= 0.6 is 11.8 Å². The summed E-state index contributed by atoms with van der Waals surface area (Å²) >= 11 is 1.41. The third-order valence-electron chi connectivity index (χ3n) is 4.52. The lowest BCUT2D eigenvalue weighted by Gasteiger charge is -2.32. The molecule has 1 amide bonds. The Morgan fingerprint density at radius 2 is 1.88 bits per heavy atom. The average Bonchev–Trinajstić information content (AvgIpc) is 3.10. The zero-order valence-electron chi connectivity index (χ0n) is 15.7. The summed E-state index contributed by atoms with van der Waals surface area (Å²) in [7, 11) is 0. The van der Waals surface area contributed by atoms with E-state index in [4.69, 9.17) is 0 Å². The minimum atomic E-state index is -0.193. The Balaban J connectivity index is 1.46. The number of aromatic nitrogens is 4. The number of benzene rings is 1. The molecule has 26 heavy (non-hydrogen) atoms. The lowest BCUT2D eigenvalue weighted by molar-refractivity contribution is -0.917. The van der Waals surface area contributed by atoms with E-state index in [1.54, 1.807) is 4.68 Å². The van der Waals surface area contributed by atoms with Crippen molar-refractivity contribution in [2.45, 2.75) is 38.0 Å². The molecule has 1 aliphatic heterocycles. The van der Waals surface area contributed by atoms with Gasteiger partial charge in [-0.1, -0.05) is 42.1 Å². The van der Waals surface area contributed by atoms with Crippen molar-refractivity contribution in [3.05, 3.63) is 35.9 Å². The van der Waals surface area contributed by atoms with Gasteiger partial charge in [-0.05, 0) is 31.2 Å². The lowest BCUT2D eigenvalue weighted by atomic mass is 10.1. The van der Waals surface area contributed by atoms with Crippen LogP contribution in [0.3, 0.4) is 0 Å². The molecule has 2 aromatic rings. The smallest absolute Gasteiger partial charge is 0.233 e. The second kappa shape index (κ2) is 8.18. The monoisotopic (exact) mass is 375 g/mol. The van der Waals surface area contributed by atoms with Crippen molar-refractivity contribution in [3.63, 3.8) is 0 Å². The van der Waals surface area contributed by atoms with Crippen LogP contribution in [0.1, 0.15) is 26.3 Å². The van der Waals surface area contributed by atoms with Gasteiger partial charge in [0.25, 0.3) is 0 Å². The van der Waals surface area contributed by atoms with Gasteiger partial charge in [0.1, 0.15) is 6.54 Å². The summed E-state index contributed by atoms with van der Waals surface area (Å²) in [5, 5.41) is 12.5. The summed E-state index contributed by atoms with van der Waals surface area (Å²) in [5.41, 5.74) is 1.16. The number of tetrazole rings is 1. The Morgan fingerprint density at radius 1 is 1.19 bits per heavy atom. The predicted octanol–water partition coefficient (Wildman–Crippen LogP) is 0.448. The SMILES string of the molecule is CC(C)(C)n1nnnc1SCC(=O)N1CC[NH+](Cc2ccccc2)CC1. The molecule has 0 aliphatic carbocycles. The van der Waals surface area contributed by atoms with Crippen molar-refractivity contribution in [3.8, 4) is 0 Å². The molecule has 2 heterocycles. The maximum absolute atomic E-state index is 12.5. The van der Waals surface area contributed by atoms with E-state index in [1.165, 1.54) is 22.2 Å². The normalized spacial score (nSPS) is 16.0. The van der Waals surface area contributed by atoms with E-state index in [2.05, 4.69) is 39.8 Å². The van der Waals surface area contributed by atoms with E-state index in [0.29, 0.717) is 10.9 Å². The van der Waals surface area contributed by atoms with E-state index < -0.39 is 0 Å². The van der Waals surface area contributed by atoms with Crippen molar-refractivity contribution in [2.75, 3.05) is 31.9 Å². The Morgan fingerprint density at radius 3 is 2.54 bits per heavy atom. The van der Waals surface area contributed by atoms with Gasteiger partial charge in [-0.3, -0.25) is 4.79 Å². The fraction of sp³-hybridized carbons (Fsp3) is 0.556. The molecule has 1 aromatic heterocycles. The number of rotatable bonds is 5. The second-order valence-corrected chi connectivity index (χ2v) is 8.57. The molecule has 0 spiro atoms. The van der Waals surface area contributed by atoms with Crippen LogP contribution in [0.15, 0.2) is 35.5 Å². The largest absolute Gasteiger partial charge is 0.331 e. The Bertz CT molecular complexity index is 719. The van der Waals surface area contributed by atoms with Crippen LogP contribution in [0, 0.1) is 0 Å². The molecule has 0 unspecified atom stereocenters. The fourth-order valence-corrected chi connectivity index (χ4v) is 4.00. The molecule has 0 atom stereocenters. The van der Waals surface area contributed by atoms with Gasteiger partial charge in [0, 0.05) is 5.56 Å². The highest BCUT2D eigenvalue weighted by Gasteiger charge is 2.25. The minimum absolute atomic E-state index is 0.164. The minimum Gasteiger partial charge on any atom is -0.331 e. The summed E-state index contributed by atoms with van der Waals surface area (Å²) in [5.74, 6) is 0.544. The fourth-order valence-electron chi connectivity index (χ4n) is 3.04. The number of carbonyl (C=O) groups is 1. The van der Waals surface area contributed by atoms with Crippen LogP contribution in [0.4, 0.5) is 0 Å². The molecule has 1 aliphatic rings. The summed E-state index contributed by atoms with van der Waals surface area (Å²) in [6.45, 7) is 10.8. The summed E-state index contributed by atoms with van der Waals surface area (Å²) in [4.78, 5) is 16.0. The van der Waals surface area contributed by atoms with Gasteiger partial charge in [0.15, 0.2) is 0 Å². The van der Waals surface area contributed by atoms with Gasteiger partial charge in [0.2, 0.25) is 11.1 Å². The zero-order valence-corrected chi connectivity index (χ0v) is 16.5. The molecule has 0 bridgehead atoms. The Labute approximate surface area is 158 Å². The van der Waals surface area contributed by atoms with Crippen LogP contribution in [-0.4, -0.2) is 62.9 Å². The van der Waals surface area contributed by atoms with Gasteiger partial charge in [-0.25, -0.2) is 4.68 Å². The molecule has 3 rings (SSSR count).